The molecule has 0 bridgehead atoms. The van der Waals surface area contributed by atoms with Crippen LogP contribution >= 0.6 is 0 Å². The van der Waals surface area contributed by atoms with Gasteiger partial charge in [0, 0.05) is 41.1 Å². The van der Waals surface area contributed by atoms with E-state index in [1.165, 1.54) is 5.56 Å². The zero-order chi connectivity index (χ0) is 26.8. The molecule has 190 valence electrons. The SMILES string of the molecule is C=Nn1cc(-c2ccccc2)ccc1=NCc1ccc(-c2cc(C(C)C)nc3c2ccc2cccnc23)cc1. The van der Waals surface area contributed by atoms with Crippen LogP contribution in [0.3, 0.4) is 0 Å². The minimum atomic E-state index is 0.309. The second kappa shape index (κ2) is 10.5. The van der Waals surface area contributed by atoms with Crippen LogP contribution in [0.2, 0.25) is 0 Å². The molecule has 0 fully saturated rings. The molecule has 0 N–H and O–H groups in total. The van der Waals surface area contributed by atoms with Crippen molar-refractivity contribution in [3.05, 3.63) is 126 Å². The van der Waals surface area contributed by atoms with Crippen LogP contribution in [0.5, 0.6) is 0 Å². The molecule has 0 aliphatic rings. The molecule has 3 heterocycles. The third-order valence-electron chi connectivity index (χ3n) is 7.02. The number of hydrogen-bond acceptors (Lipinski definition) is 4. The largest absolute Gasteiger partial charge is 0.262 e. The van der Waals surface area contributed by atoms with E-state index in [2.05, 4.69) is 97.4 Å². The molecular formula is C34H29N5. The zero-order valence-corrected chi connectivity index (χ0v) is 22.1. The summed E-state index contributed by atoms with van der Waals surface area (Å²) < 4.78 is 1.73. The smallest absolute Gasteiger partial charge is 0.149 e. The summed E-state index contributed by atoms with van der Waals surface area (Å²) in [4.78, 5) is 14.5. The van der Waals surface area contributed by atoms with E-state index in [1.54, 1.807) is 4.68 Å². The van der Waals surface area contributed by atoms with Crippen molar-refractivity contribution >= 4 is 28.5 Å². The lowest BCUT2D eigenvalue weighted by molar-refractivity contribution is 0.786. The minimum absolute atomic E-state index is 0.309. The zero-order valence-electron chi connectivity index (χ0n) is 22.1. The second-order valence-corrected chi connectivity index (χ2v) is 9.93. The van der Waals surface area contributed by atoms with Crippen molar-refractivity contribution < 1.29 is 0 Å². The molecule has 3 aromatic heterocycles. The van der Waals surface area contributed by atoms with Gasteiger partial charge in [0.15, 0.2) is 0 Å². The first-order chi connectivity index (χ1) is 19.1. The Kier molecular flexibility index (Phi) is 6.55. The summed E-state index contributed by atoms with van der Waals surface area (Å²) in [5, 5.41) is 6.37. The van der Waals surface area contributed by atoms with E-state index in [0.717, 1.165) is 55.2 Å². The van der Waals surface area contributed by atoms with Crippen LogP contribution in [0.25, 0.3) is 44.1 Å². The number of aromatic nitrogens is 3. The molecule has 0 saturated carbocycles. The number of hydrogen-bond donors (Lipinski definition) is 0. The van der Waals surface area contributed by atoms with Crippen molar-refractivity contribution in [1.29, 1.82) is 0 Å². The number of nitrogens with zero attached hydrogens (tertiary/aromatic N) is 5. The summed E-state index contributed by atoms with van der Waals surface area (Å²) >= 11 is 0. The molecule has 39 heavy (non-hydrogen) atoms. The van der Waals surface area contributed by atoms with Crippen molar-refractivity contribution in [3.63, 3.8) is 0 Å². The maximum absolute atomic E-state index is 5.02. The summed E-state index contributed by atoms with van der Waals surface area (Å²) in [6, 6.07) is 33.5. The van der Waals surface area contributed by atoms with Crippen LogP contribution in [0.15, 0.2) is 120 Å². The molecule has 0 unspecified atom stereocenters. The highest BCUT2D eigenvalue weighted by molar-refractivity contribution is 6.08. The Morgan fingerprint density at radius 2 is 1.59 bits per heavy atom. The van der Waals surface area contributed by atoms with Crippen molar-refractivity contribution in [2.45, 2.75) is 26.3 Å². The third kappa shape index (κ3) is 4.87. The van der Waals surface area contributed by atoms with Crippen molar-refractivity contribution in [3.8, 4) is 22.3 Å². The number of rotatable bonds is 6. The fraction of sp³-hybridized carbons (Fsp3) is 0.118. The predicted molar refractivity (Wildman–Crippen MR) is 161 cm³/mol. The Hall–Kier alpha value is -4.90. The van der Waals surface area contributed by atoms with Crippen LogP contribution in [0, 0.1) is 0 Å². The summed E-state index contributed by atoms with van der Waals surface area (Å²) in [5.74, 6) is 0.309. The lowest BCUT2D eigenvalue weighted by Crippen LogP contribution is -2.16. The van der Waals surface area contributed by atoms with Gasteiger partial charge in [-0.2, -0.15) is 5.10 Å². The van der Waals surface area contributed by atoms with Crippen molar-refractivity contribution in [2.24, 2.45) is 10.1 Å². The van der Waals surface area contributed by atoms with E-state index >= 15 is 0 Å². The van der Waals surface area contributed by atoms with Gasteiger partial charge >= 0.3 is 0 Å². The Bertz CT molecular complexity index is 1870. The standard InChI is InChI=1S/C34H29N5/c1-23(2)31-20-30(29-17-15-27-10-7-19-36-33(27)34(29)38-31)26-13-11-24(12-14-26)21-37-32-18-16-28(22-39(32)35-3)25-8-5-4-6-9-25/h4-20,22-23H,3,21H2,1-2H3. The van der Waals surface area contributed by atoms with Crippen LogP contribution in [-0.4, -0.2) is 21.4 Å². The van der Waals surface area contributed by atoms with E-state index in [1.807, 2.05) is 42.7 Å². The lowest BCUT2D eigenvalue weighted by Gasteiger charge is -2.14. The minimum Gasteiger partial charge on any atom is -0.262 e. The van der Waals surface area contributed by atoms with Crippen LogP contribution in [0.1, 0.15) is 31.0 Å². The van der Waals surface area contributed by atoms with Crippen LogP contribution in [-0.2, 0) is 6.54 Å². The maximum atomic E-state index is 5.02. The topological polar surface area (TPSA) is 55.4 Å². The van der Waals surface area contributed by atoms with Gasteiger partial charge in [0.25, 0.3) is 0 Å². The molecule has 0 aliphatic carbocycles. The number of pyridine rings is 3. The Morgan fingerprint density at radius 1 is 0.795 bits per heavy atom. The fourth-order valence-electron chi connectivity index (χ4n) is 4.87. The molecule has 3 aromatic carbocycles. The predicted octanol–water partition coefficient (Wildman–Crippen LogP) is 7.61. The van der Waals surface area contributed by atoms with Gasteiger partial charge in [0.05, 0.1) is 17.6 Å². The third-order valence-corrected chi connectivity index (χ3v) is 7.02. The molecule has 0 radical (unpaired) electrons. The van der Waals surface area contributed by atoms with Gasteiger partial charge in [-0.3, -0.25) is 15.0 Å². The van der Waals surface area contributed by atoms with Gasteiger partial charge < -0.3 is 0 Å². The molecular weight excluding hydrogens is 478 g/mol. The second-order valence-electron chi connectivity index (χ2n) is 9.93. The normalized spacial score (nSPS) is 11.9. The van der Waals surface area contributed by atoms with E-state index < -0.39 is 0 Å². The molecule has 6 rings (SSSR count). The summed E-state index contributed by atoms with van der Waals surface area (Å²) in [7, 11) is 0. The Labute approximate surface area is 227 Å². The highest BCUT2D eigenvalue weighted by atomic mass is 15.3. The molecule has 0 atom stereocenters. The van der Waals surface area contributed by atoms with Gasteiger partial charge in [-0.25, -0.2) is 4.68 Å². The van der Waals surface area contributed by atoms with Crippen molar-refractivity contribution in [1.82, 2.24) is 14.6 Å². The van der Waals surface area contributed by atoms with Crippen LogP contribution < -0.4 is 5.49 Å². The molecule has 0 aliphatic heterocycles. The summed E-state index contributed by atoms with van der Waals surface area (Å²) in [6.45, 7) is 8.63. The van der Waals surface area contributed by atoms with E-state index in [-0.39, 0.29) is 0 Å². The highest BCUT2D eigenvalue weighted by Gasteiger charge is 2.13. The van der Waals surface area contributed by atoms with Crippen molar-refractivity contribution in [2.75, 3.05) is 0 Å². The van der Waals surface area contributed by atoms with E-state index in [9.17, 15) is 0 Å². The summed E-state index contributed by atoms with van der Waals surface area (Å²) in [5.41, 5.74) is 9.36. The Balaban J connectivity index is 1.34. The molecule has 0 saturated heterocycles. The van der Waals surface area contributed by atoms with Gasteiger partial charge in [0.1, 0.15) is 5.49 Å². The molecule has 0 spiro atoms. The number of fused-ring (bicyclic) bond motifs is 3. The number of benzene rings is 3. The van der Waals surface area contributed by atoms with Gasteiger partial charge in [-0.1, -0.05) is 86.6 Å². The monoisotopic (exact) mass is 507 g/mol. The first-order valence-corrected chi connectivity index (χ1v) is 13.1. The molecule has 5 heteroatoms. The first kappa shape index (κ1) is 24.4. The van der Waals surface area contributed by atoms with Gasteiger partial charge in [-0.15, -0.1) is 0 Å². The Morgan fingerprint density at radius 3 is 2.36 bits per heavy atom. The fourth-order valence-corrected chi connectivity index (χ4v) is 4.87. The average molecular weight is 508 g/mol. The van der Waals surface area contributed by atoms with E-state index in [0.29, 0.717) is 12.5 Å². The highest BCUT2D eigenvalue weighted by Crippen LogP contribution is 2.34. The first-order valence-electron chi connectivity index (χ1n) is 13.1. The maximum Gasteiger partial charge on any atom is 0.149 e. The van der Waals surface area contributed by atoms with Crippen LogP contribution in [0.4, 0.5) is 0 Å². The van der Waals surface area contributed by atoms with E-state index in [4.69, 9.17) is 9.98 Å². The lowest BCUT2D eigenvalue weighted by atomic mass is 9.96. The molecule has 6 aromatic rings. The molecule has 0 amide bonds. The van der Waals surface area contributed by atoms with Gasteiger partial charge in [0.2, 0.25) is 0 Å². The average Bonchev–Trinajstić information content (AvgIpc) is 3.00. The summed E-state index contributed by atoms with van der Waals surface area (Å²) in [6.07, 6.45) is 3.80. The molecule has 5 nitrogen and oxygen atoms in total. The van der Waals surface area contributed by atoms with Gasteiger partial charge in [-0.05, 0) is 52.4 Å². The quantitative estimate of drug-likeness (QED) is 0.172.